The van der Waals surface area contributed by atoms with Crippen LogP contribution in [-0.2, 0) is 9.59 Å². The fourth-order valence-electron chi connectivity index (χ4n) is 3.17. The molecule has 0 N–H and O–H groups in total. The number of carbonyl (C=O) groups is 4. The Bertz CT molecular complexity index is 711. The number of carbonyl (C=O) groups excluding carboxylic acids is 4. The average Bonchev–Trinajstić information content (AvgIpc) is 2.86. The van der Waals surface area contributed by atoms with E-state index in [0.29, 0.717) is 0 Å². The van der Waals surface area contributed by atoms with Crippen LogP contribution in [0.2, 0.25) is 0 Å². The maximum Gasteiger partial charge on any atom is 0.329 e. The van der Waals surface area contributed by atoms with Crippen LogP contribution in [0.4, 0.5) is 9.59 Å². The zero-order valence-corrected chi connectivity index (χ0v) is 15.9. The molecule has 2 fully saturated rings. The summed E-state index contributed by atoms with van der Waals surface area (Å²) in [5.74, 6) is -0.917. The van der Waals surface area contributed by atoms with Gasteiger partial charge in [0.2, 0.25) is 0 Å². The lowest BCUT2D eigenvalue weighted by Crippen LogP contribution is -2.55. The van der Waals surface area contributed by atoms with Gasteiger partial charge in [-0.05, 0) is 27.7 Å². The van der Waals surface area contributed by atoms with Crippen LogP contribution in [0.3, 0.4) is 0 Å². The zero-order chi connectivity index (χ0) is 20.6. The number of urea groups is 2. The molecule has 0 spiro atoms. The highest BCUT2D eigenvalue weighted by molar-refractivity contribution is 6.08. The van der Waals surface area contributed by atoms with Crippen molar-refractivity contribution in [1.29, 1.82) is 10.5 Å². The molecule has 0 aromatic heterocycles. The van der Waals surface area contributed by atoms with Crippen LogP contribution in [0.1, 0.15) is 40.5 Å². The van der Waals surface area contributed by atoms with Crippen molar-refractivity contribution in [3.05, 3.63) is 0 Å². The van der Waals surface area contributed by atoms with Crippen molar-refractivity contribution in [2.45, 2.75) is 51.6 Å². The van der Waals surface area contributed by atoms with E-state index in [1.165, 1.54) is 9.80 Å². The molecule has 2 rings (SSSR count). The normalized spacial score (nSPS) is 21.1. The second-order valence-electron chi connectivity index (χ2n) is 7.41. The Morgan fingerprint density at radius 3 is 1.37 bits per heavy atom. The minimum Gasteiger partial charge on any atom is -0.292 e. The van der Waals surface area contributed by atoms with E-state index in [1.54, 1.807) is 27.7 Å². The van der Waals surface area contributed by atoms with Crippen molar-refractivity contribution in [1.82, 2.24) is 19.6 Å². The summed E-state index contributed by atoms with van der Waals surface area (Å²) in [7, 11) is 0. The van der Waals surface area contributed by atoms with Crippen LogP contribution < -0.4 is 0 Å². The minimum atomic E-state index is -1.22. The largest absolute Gasteiger partial charge is 0.329 e. The van der Waals surface area contributed by atoms with E-state index in [4.69, 9.17) is 10.5 Å². The Kier molecular flexibility index (Phi) is 5.14. The second-order valence-corrected chi connectivity index (χ2v) is 7.41. The number of rotatable bonds is 6. The molecule has 2 saturated heterocycles. The van der Waals surface area contributed by atoms with Crippen molar-refractivity contribution in [3.63, 3.8) is 0 Å². The molecule has 0 unspecified atom stereocenters. The molecule has 0 saturated carbocycles. The summed E-state index contributed by atoms with van der Waals surface area (Å²) in [6, 6.07) is 2.58. The summed E-state index contributed by atoms with van der Waals surface area (Å²) < 4.78 is 0. The van der Waals surface area contributed by atoms with Gasteiger partial charge in [0, 0.05) is 13.1 Å². The lowest BCUT2D eigenvalue weighted by Gasteiger charge is -2.36. The fourth-order valence-corrected chi connectivity index (χ4v) is 3.17. The third-order valence-electron chi connectivity index (χ3n) is 4.99. The van der Waals surface area contributed by atoms with Gasteiger partial charge in [-0.3, -0.25) is 29.2 Å². The number of imide groups is 2. The van der Waals surface area contributed by atoms with Gasteiger partial charge in [0.05, 0.1) is 25.0 Å². The Hall–Kier alpha value is -3.14. The average molecular weight is 374 g/mol. The van der Waals surface area contributed by atoms with Gasteiger partial charge in [-0.1, -0.05) is 0 Å². The summed E-state index contributed by atoms with van der Waals surface area (Å²) >= 11 is 0. The molecule has 0 aliphatic carbocycles. The highest BCUT2D eigenvalue weighted by Gasteiger charge is 2.56. The van der Waals surface area contributed by atoms with Gasteiger partial charge in [-0.2, -0.15) is 10.5 Å². The van der Waals surface area contributed by atoms with Gasteiger partial charge >= 0.3 is 12.1 Å². The van der Waals surface area contributed by atoms with Gasteiger partial charge in [-0.15, -0.1) is 0 Å². The highest BCUT2D eigenvalue weighted by atomic mass is 16.2. The third-order valence-corrected chi connectivity index (χ3v) is 4.99. The number of nitrogens with zero attached hydrogens (tertiary/aromatic N) is 6. The quantitative estimate of drug-likeness (QED) is 0.634. The summed E-state index contributed by atoms with van der Waals surface area (Å²) in [4.78, 5) is 55.0. The van der Waals surface area contributed by atoms with Crippen molar-refractivity contribution in [2.24, 2.45) is 0 Å². The van der Waals surface area contributed by atoms with Crippen LogP contribution in [0.25, 0.3) is 0 Å². The summed E-state index contributed by atoms with van der Waals surface area (Å²) in [5.41, 5.74) is -2.43. The van der Waals surface area contributed by atoms with E-state index in [-0.39, 0.29) is 32.6 Å². The fraction of sp³-hybridized carbons (Fsp3) is 0.647. The maximum atomic E-state index is 12.7. The molecule has 144 valence electrons. The van der Waals surface area contributed by atoms with E-state index in [9.17, 15) is 19.2 Å². The number of nitriles is 2. The first-order chi connectivity index (χ1) is 12.5. The number of hydrogen-bond donors (Lipinski definition) is 0. The van der Waals surface area contributed by atoms with Crippen LogP contribution >= 0.6 is 0 Å². The Morgan fingerprint density at radius 2 is 1.07 bits per heavy atom. The molecular weight excluding hydrogens is 352 g/mol. The van der Waals surface area contributed by atoms with E-state index in [2.05, 4.69) is 0 Å². The standard InChI is InChI=1S/C17H22N6O4/c1-16(2)12(24)20(9-5-7-18)14(26)22(16)11-23-15(27)21(10-6-8-19)13(25)17(23,3)4/h5-6,9-11H2,1-4H3. The number of hydrogen-bond acceptors (Lipinski definition) is 6. The zero-order valence-electron chi connectivity index (χ0n) is 15.9. The molecule has 0 bridgehead atoms. The van der Waals surface area contributed by atoms with Gasteiger partial charge in [-0.25, -0.2) is 9.59 Å². The smallest absolute Gasteiger partial charge is 0.292 e. The summed E-state index contributed by atoms with van der Waals surface area (Å²) in [6.07, 6.45) is 0.0198. The Balaban J connectivity index is 2.29. The molecule has 0 radical (unpaired) electrons. The van der Waals surface area contributed by atoms with Crippen LogP contribution in [0.15, 0.2) is 0 Å². The summed E-state index contributed by atoms with van der Waals surface area (Å²) in [6.45, 7) is 5.92. The highest BCUT2D eigenvalue weighted by Crippen LogP contribution is 2.33. The molecule has 2 aliphatic rings. The maximum absolute atomic E-state index is 12.7. The predicted molar refractivity (Wildman–Crippen MR) is 91.4 cm³/mol. The molecule has 0 aromatic carbocycles. The SMILES string of the molecule is CC1(C)C(=O)N(CCC#N)C(=O)N1CN1C(=O)N(CCC#N)C(=O)C1(C)C. The number of amides is 6. The first-order valence-electron chi connectivity index (χ1n) is 8.52. The predicted octanol–water partition coefficient (Wildman–Crippen LogP) is 0.857. The first-order valence-corrected chi connectivity index (χ1v) is 8.52. The minimum absolute atomic E-state index is 0.00988. The molecule has 27 heavy (non-hydrogen) atoms. The topological polar surface area (TPSA) is 129 Å². The lowest BCUT2D eigenvalue weighted by molar-refractivity contribution is -0.133. The van der Waals surface area contributed by atoms with Gasteiger partial charge in [0.25, 0.3) is 11.8 Å². The van der Waals surface area contributed by atoms with Crippen LogP contribution in [0, 0.1) is 22.7 Å². The monoisotopic (exact) mass is 374 g/mol. The van der Waals surface area contributed by atoms with Crippen molar-refractivity contribution in [2.75, 3.05) is 19.8 Å². The Morgan fingerprint density at radius 1 is 0.741 bits per heavy atom. The van der Waals surface area contributed by atoms with Crippen molar-refractivity contribution >= 4 is 23.9 Å². The molecule has 10 nitrogen and oxygen atoms in total. The van der Waals surface area contributed by atoms with E-state index < -0.39 is 35.0 Å². The molecule has 2 aliphatic heterocycles. The first kappa shape index (κ1) is 20.2. The molecule has 0 atom stereocenters. The second kappa shape index (κ2) is 6.88. The molecular formula is C17H22N6O4. The Labute approximate surface area is 157 Å². The van der Waals surface area contributed by atoms with Crippen LogP contribution in [0.5, 0.6) is 0 Å². The summed E-state index contributed by atoms with van der Waals surface area (Å²) in [5, 5.41) is 17.5. The van der Waals surface area contributed by atoms with E-state index in [0.717, 1.165) is 9.80 Å². The van der Waals surface area contributed by atoms with E-state index >= 15 is 0 Å². The van der Waals surface area contributed by atoms with Gasteiger partial charge in [0.15, 0.2) is 0 Å². The van der Waals surface area contributed by atoms with E-state index in [1.807, 2.05) is 12.1 Å². The molecule has 2 heterocycles. The lowest BCUT2D eigenvalue weighted by atomic mass is 10.0. The molecule has 6 amide bonds. The van der Waals surface area contributed by atoms with Gasteiger partial charge in [0.1, 0.15) is 17.7 Å². The van der Waals surface area contributed by atoms with Crippen molar-refractivity contribution in [3.8, 4) is 12.1 Å². The molecule has 10 heteroatoms. The van der Waals surface area contributed by atoms with Crippen LogP contribution in [-0.4, -0.2) is 74.3 Å². The van der Waals surface area contributed by atoms with Crippen molar-refractivity contribution < 1.29 is 19.2 Å². The third kappa shape index (κ3) is 3.08. The molecule has 0 aromatic rings. The van der Waals surface area contributed by atoms with Gasteiger partial charge < -0.3 is 0 Å².